The van der Waals surface area contributed by atoms with Gasteiger partial charge in [-0.3, -0.25) is 14.6 Å². The van der Waals surface area contributed by atoms with Crippen LogP contribution in [0.15, 0.2) is 48.5 Å². The first-order valence-electron chi connectivity index (χ1n) is 10.5. The molecule has 31 heavy (non-hydrogen) atoms. The van der Waals surface area contributed by atoms with Gasteiger partial charge in [-0.15, -0.1) is 0 Å². The van der Waals surface area contributed by atoms with E-state index in [1.165, 1.54) is 11.0 Å². The van der Waals surface area contributed by atoms with Crippen LogP contribution in [0.1, 0.15) is 24.5 Å². The molecule has 1 atom stereocenters. The summed E-state index contributed by atoms with van der Waals surface area (Å²) in [5, 5.41) is 3.35. The van der Waals surface area contributed by atoms with Gasteiger partial charge in [-0.25, -0.2) is 14.1 Å². The summed E-state index contributed by atoms with van der Waals surface area (Å²) in [6, 6.07) is 13.7. The second-order valence-corrected chi connectivity index (χ2v) is 8.43. The molecule has 0 radical (unpaired) electrons. The number of carbonyl (C=O) groups is 2. The summed E-state index contributed by atoms with van der Waals surface area (Å²) in [5.41, 5.74) is 0.286. The maximum absolute atomic E-state index is 14.1. The second kappa shape index (κ2) is 8.94. The number of nitrogens with one attached hydrogen (secondary N) is 1. The molecule has 2 aliphatic heterocycles. The summed E-state index contributed by atoms with van der Waals surface area (Å²) in [4.78, 5) is 31.5. The van der Waals surface area contributed by atoms with Crippen molar-refractivity contribution in [1.82, 2.24) is 20.0 Å². The summed E-state index contributed by atoms with van der Waals surface area (Å²) >= 11 is 6.15. The van der Waals surface area contributed by atoms with Crippen molar-refractivity contribution in [2.45, 2.75) is 25.4 Å². The van der Waals surface area contributed by atoms with Crippen molar-refractivity contribution in [3.8, 4) is 0 Å². The summed E-state index contributed by atoms with van der Waals surface area (Å²) in [6.07, 6.45) is 0.481. The number of amides is 3. The molecule has 0 aliphatic carbocycles. The zero-order valence-corrected chi connectivity index (χ0v) is 18.2. The van der Waals surface area contributed by atoms with Crippen molar-refractivity contribution in [2.75, 3.05) is 32.8 Å². The van der Waals surface area contributed by atoms with Crippen LogP contribution in [0.3, 0.4) is 0 Å². The molecule has 0 unspecified atom stereocenters. The van der Waals surface area contributed by atoms with Gasteiger partial charge in [0.15, 0.2) is 0 Å². The van der Waals surface area contributed by atoms with E-state index < -0.39 is 5.54 Å². The van der Waals surface area contributed by atoms with E-state index in [-0.39, 0.29) is 24.4 Å². The molecule has 8 heteroatoms. The van der Waals surface area contributed by atoms with Crippen LogP contribution in [0.25, 0.3) is 0 Å². The highest BCUT2D eigenvalue weighted by Crippen LogP contribution is 2.32. The van der Waals surface area contributed by atoms with Crippen LogP contribution in [-0.2, 0) is 16.9 Å². The van der Waals surface area contributed by atoms with E-state index in [0.717, 1.165) is 5.56 Å². The van der Waals surface area contributed by atoms with Gasteiger partial charge in [-0.1, -0.05) is 54.9 Å². The maximum Gasteiger partial charge on any atom is 0.326 e. The molecule has 2 aromatic carbocycles. The standard InChI is InChI=1S/C23H26ClFN4O2/c1-2-23(17-7-4-3-5-8-17)21(30)29(22(31)26-23)16-28-13-11-27(12-14-28)15-18-19(24)9-6-10-20(18)25/h3-10H,2,11-16H2,1H3,(H,26,31)/t23-/m1/s1. The van der Waals surface area contributed by atoms with E-state index in [9.17, 15) is 14.0 Å². The average Bonchev–Trinajstić information content (AvgIpc) is 3.03. The summed E-state index contributed by atoms with van der Waals surface area (Å²) in [6.45, 7) is 5.34. The SMILES string of the molecule is CC[C@]1(c2ccccc2)NC(=O)N(CN2CCN(Cc3c(F)cccc3Cl)CC2)C1=O. The monoisotopic (exact) mass is 444 g/mol. The molecule has 164 valence electrons. The Kier molecular flexibility index (Phi) is 6.27. The first-order valence-corrected chi connectivity index (χ1v) is 10.9. The third-order valence-corrected chi connectivity index (χ3v) is 6.58. The molecular weight excluding hydrogens is 419 g/mol. The van der Waals surface area contributed by atoms with Gasteiger partial charge in [0, 0.05) is 43.3 Å². The molecule has 2 aromatic rings. The lowest BCUT2D eigenvalue weighted by Crippen LogP contribution is -2.51. The smallest absolute Gasteiger partial charge is 0.319 e. The third-order valence-electron chi connectivity index (χ3n) is 6.22. The minimum absolute atomic E-state index is 0.216. The number of hydrogen-bond donors (Lipinski definition) is 1. The van der Waals surface area contributed by atoms with Crippen molar-refractivity contribution >= 4 is 23.5 Å². The van der Waals surface area contributed by atoms with E-state index in [4.69, 9.17) is 11.6 Å². The summed E-state index contributed by atoms with van der Waals surface area (Å²) < 4.78 is 14.1. The Balaban J connectivity index is 1.38. The quantitative estimate of drug-likeness (QED) is 0.694. The molecule has 6 nitrogen and oxygen atoms in total. The van der Waals surface area contributed by atoms with E-state index in [1.807, 2.05) is 37.3 Å². The molecular formula is C23H26ClFN4O2. The highest BCUT2D eigenvalue weighted by atomic mass is 35.5. The lowest BCUT2D eigenvalue weighted by molar-refractivity contribution is -0.133. The van der Waals surface area contributed by atoms with Crippen LogP contribution in [0.4, 0.5) is 9.18 Å². The van der Waals surface area contributed by atoms with E-state index >= 15 is 0 Å². The number of hydrogen-bond acceptors (Lipinski definition) is 4. The second-order valence-electron chi connectivity index (χ2n) is 8.02. The Hall–Kier alpha value is -2.48. The lowest BCUT2D eigenvalue weighted by Gasteiger charge is -2.36. The Labute approximate surface area is 186 Å². The zero-order valence-electron chi connectivity index (χ0n) is 17.5. The van der Waals surface area contributed by atoms with Gasteiger partial charge in [-0.05, 0) is 24.1 Å². The van der Waals surface area contributed by atoms with E-state index in [2.05, 4.69) is 15.1 Å². The molecule has 0 saturated carbocycles. The number of imide groups is 1. The minimum Gasteiger partial charge on any atom is -0.319 e. The van der Waals surface area contributed by atoms with Crippen LogP contribution in [-0.4, -0.2) is 59.5 Å². The number of benzene rings is 2. The normalized spacial score (nSPS) is 22.7. The molecule has 0 spiro atoms. The highest BCUT2D eigenvalue weighted by molar-refractivity contribution is 6.31. The van der Waals surface area contributed by atoms with Crippen LogP contribution in [0.2, 0.25) is 5.02 Å². The molecule has 2 fully saturated rings. The lowest BCUT2D eigenvalue weighted by atomic mass is 9.87. The molecule has 0 bridgehead atoms. The molecule has 0 aromatic heterocycles. The van der Waals surface area contributed by atoms with Crippen molar-refractivity contribution in [2.24, 2.45) is 0 Å². The highest BCUT2D eigenvalue weighted by Gasteiger charge is 2.51. The number of rotatable bonds is 6. The van der Waals surface area contributed by atoms with Crippen LogP contribution < -0.4 is 5.32 Å². The maximum atomic E-state index is 14.1. The predicted molar refractivity (Wildman–Crippen MR) is 117 cm³/mol. The Morgan fingerprint density at radius 3 is 2.32 bits per heavy atom. The Morgan fingerprint density at radius 1 is 1.00 bits per heavy atom. The van der Waals surface area contributed by atoms with Crippen LogP contribution in [0, 0.1) is 5.82 Å². The number of urea groups is 1. The third kappa shape index (κ3) is 4.18. The number of halogens is 2. The first kappa shape index (κ1) is 21.7. The molecule has 4 rings (SSSR count). The van der Waals surface area contributed by atoms with Gasteiger partial charge in [-0.2, -0.15) is 0 Å². The molecule has 2 saturated heterocycles. The van der Waals surface area contributed by atoms with Gasteiger partial charge >= 0.3 is 6.03 Å². The first-order chi connectivity index (χ1) is 14.9. The molecule has 1 N–H and O–H groups in total. The summed E-state index contributed by atoms with van der Waals surface area (Å²) in [5.74, 6) is -0.516. The zero-order chi connectivity index (χ0) is 22.0. The van der Waals surface area contributed by atoms with Crippen LogP contribution >= 0.6 is 11.6 Å². The van der Waals surface area contributed by atoms with E-state index in [1.54, 1.807) is 12.1 Å². The van der Waals surface area contributed by atoms with Crippen molar-refractivity contribution in [1.29, 1.82) is 0 Å². The van der Waals surface area contributed by atoms with Gasteiger partial charge in [0.25, 0.3) is 5.91 Å². The largest absolute Gasteiger partial charge is 0.326 e. The molecule has 3 amide bonds. The fourth-order valence-corrected chi connectivity index (χ4v) is 4.54. The number of nitrogens with zero attached hydrogens (tertiary/aromatic N) is 3. The fourth-order valence-electron chi connectivity index (χ4n) is 4.31. The summed E-state index contributed by atoms with van der Waals surface area (Å²) in [7, 11) is 0. The molecule has 2 heterocycles. The van der Waals surface area contributed by atoms with Crippen molar-refractivity contribution in [3.63, 3.8) is 0 Å². The minimum atomic E-state index is -1.01. The predicted octanol–water partition coefficient (Wildman–Crippen LogP) is 3.41. The van der Waals surface area contributed by atoms with Gasteiger partial charge in [0.05, 0.1) is 6.67 Å². The van der Waals surface area contributed by atoms with Gasteiger partial charge in [0.2, 0.25) is 0 Å². The van der Waals surface area contributed by atoms with Crippen LogP contribution in [0.5, 0.6) is 0 Å². The average molecular weight is 445 g/mol. The van der Waals surface area contributed by atoms with E-state index in [0.29, 0.717) is 49.7 Å². The Bertz CT molecular complexity index is 945. The fraction of sp³-hybridized carbons (Fsp3) is 0.391. The van der Waals surface area contributed by atoms with Gasteiger partial charge in [0.1, 0.15) is 11.4 Å². The van der Waals surface area contributed by atoms with Gasteiger partial charge < -0.3 is 5.32 Å². The number of piperazine rings is 1. The van der Waals surface area contributed by atoms with Crippen molar-refractivity contribution < 1.29 is 14.0 Å². The number of carbonyl (C=O) groups excluding carboxylic acids is 2. The van der Waals surface area contributed by atoms with Crippen molar-refractivity contribution in [3.05, 3.63) is 70.5 Å². The Morgan fingerprint density at radius 2 is 1.68 bits per heavy atom. The molecule has 2 aliphatic rings. The topological polar surface area (TPSA) is 55.9 Å².